The molecule has 1 saturated carbocycles. The molecule has 1 aliphatic heterocycles. The van der Waals surface area contributed by atoms with Gasteiger partial charge in [0.25, 0.3) is 0 Å². The number of hydrogen-bond acceptors (Lipinski definition) is 3. The lowest BCUT2D eigenvalue weighted by molar-refractivity contribution is 0.00504. The predicted octanol–water partition coefficient (Wildman–Crippen LogP) is 2.24. The molecule has 0 aromatic rings. The van der Waals surface area contributed by atoms with Crippen molar-refractivity contribution < 1.29 is 9.47 Å². The number of ether oxygens (including phenoxy) is 2. The van der Waals surface area contributed by atoms with Crippen LogP contribution in [0.2, 0.25) is 0 Å². The maximum absolute atomic E-state index is 6.14. The van der Waals surface area contributed by atoms with Crippen LogP contribution in [-0.4, -0.2) is 56.4 Å². The van der Waals surface area contributed by atoms with E-state index in [1.54, 1.807) is 0 Å². The van der Waals surface area contributed by atoms with E-state index in [1.807, 2.05) is 7.11 Å². The summed E-state index contributed by atoms with van der Waals surface area (Å²) in [5.74, 6) is 0.676. The molecular weight excluding hydrogens is 381 g/mol. The summed E-state index contributed by atoms with van der Waals surface area (Å²) in [7, 11) is 1.81. The van der Waals surface area contributed by atoms with Crippen LogP contribution < -0.4 is 5.73 Å². The maximum atomic E-state index is 6.14. The lowest BCUT2D eigenvalue weighted by Crippen LogP contribution is -2.48. The van der Waals surface area contributed by atoms with Crippen molar-refractivity contribution >= 4 is 29.9 Å². The minimum atomic E-state index is 0. The van der Waals surface area contributed by atoms with Crippen LogP contribution >= 0.6 is 24.0 Å². The van der Waals surface area contributed by atoms with E-state index < -0.39 is 0 Å². The number of methoxy groups -OCH3 is 1. The molecule has 5 nitrogen and oxygen atoms in total. The molecule has 0 radical (unpaired) electrons. The number of nitrogens with two attached hydrogens (primary N) is 1. The number of nitrogens with zero attached hydrogens (tertiary/aromatic N) is 2. The van der Waals surface area contributed by atoms with Crippen LogP contribution in [0.1, 0.15) is 39.5 Å². The molecule has 1 heterocycles. The Morgan fingerprint density at radius 3 is 2.67 bits per heavy atom. The monoisotopic (exact) mass is 411 g/mol. The second-order valence-electron chi connectivity index (χ2n) is 6.55. The fourth-order valence-electron chi connectivity index (χ4n) is 3.08. The Morgan fingerprint density at radius 1 is 1.43 bits per heavy atom. The standard InChI is InChI=1S/C15H29N3O2.HI/c1-12-10-18(8-9-20-12)14(16)17-11-15(2)6-4-13(19-3)5-7-15;/h12-13H,4-11H2,1-3H3,(H2,16,17);1H. The van der Waals surface area contributed by atoms with Gasteiger partial charge >= 0.3 is 0 Å². The molecule has 0 spiro atoms. The summed E-state index contributed by atoms with van der Waals surface area (Å²) in [5.41, 5.74) is 6.41. The van der Waals surface area contributed by atoms with Gasteiger partial charge in [-0.25, -0.2) is 0 Å². The second-order valence-corrected chi connectivity index (χ2v) is 6.55. The molecule has 1 unspecified atom stereocenters. The first-order valence-corrected chi connectivity index (χ1v) is 7.72. The number of hydrogen-bond donors (Lipinski definition) is 1. The first kappa shape index (κ1) is 19.0. The summed E-state index contributed by atoms with van der Waals surface area (Å²) in [6.07, 6.45) is 5.28. The van der Waals surface area contributed by atoms with Gasteiger partial charge in [0, 0.05) is 26.7 Å². The van der Waals surface area contributed by atoms with E-state index in [0.717, 1.165) is 39.1 Å². The molecular formula is C15H30IN3O2. The second kappa shape index (κ2) is 8.53. The zero-order valence-electron chi connectivity index (χ0n) is 13.5. The highest BCUT2D eigenvalue weighted by Gasteiger charge is 2.31. The van der Waals surface area contributed by atoms with Gasteiger partial charge in [0.2, 0.25) is 0 Å². The van der Waals surface area contributed by atoms with Crippen LogP contribution in [0.3, 0.4) is 0 Å². The van der Waals surface area contributed by atoms with Crippen LogP contribution in [0.5, 0.6) is 0 Å². The van der Waals surface area contributed by atoms with Crippen molar-refractivity contribution in [3.63, 3.8) is 0 Å². The Kier molecular flexibility index (Phi) is 7.70. The lowest BCUT2D eigenvalue weighted by Gasteiger charge is -2.36. The molecule has 2 rings (SSSR count). The average molecular weight is 411 g/mol. The molecule has 0 amide bonds. The SMILES string of the molecule is COC1CCC(C)(CN=C(N)N2CCOC(C)C2)CC1.I. The predicted molar refractivity (Wildman–Crippen MR) is 96.3 cm³/mol. The van der Waals surface area contributed by atoms with Gasteiger partial charge in [-0.05, 0) is 38.0 Å². The van der Waals surface area contributed by atoms with Crippen LogP contribution in [-0.2, 0) is 9.47 Å². The molecule has 2 aliphatic rings. The third-order valence-corrected chi connectivity index (χ3v) is 4.66. The topological polar surface area (TPSA) is 60.1 Å². The van der Waals surface area contributed by atoms with Gasteiger partial charge in [-0.2, -0.15) is 0 Å². The summed E-state index contributed by atoms with van der Waals surface area (Å²) in [4.78, 5) is 6.79. The first-order chi connectivity index (χ1) is 9.52. The fourth-order valence-corrected chi connectivity index (χ4v) is 3.08. The van der Waals surface area contributed by atoms with E-state index in [2.05, 4.69) is 23.7 Å². The number of rotatable bonds is 3. The Morgan fingerprint density at radius 2 is 2.10 bits per heavy atom. The van der Waals surface area contributed by atoms with Crippen molar-refractivity contribution in [2.75, 3.05) is 33.4 Å². The smallest absolute Gasteiger partial charge is 0.191 e. The largest absolute Gasteiger partial charge is 0.381 e. The highest BCUT2D eigenvalue weighted by atomic mass is 127. The van der Waals surface area contributed by atoms with E-state index in [9.17, 15) is 0 Å². The van der Waals surface area contributed by atoms with Crippen molar-refractivity contribution in [1.29, 1.82) is 0 Å². The Hall–Kier alpha value is -0.0800. The first-order valence-electron chi connectivity index (χ1n) is 7.72. The molecule has 2 fully saturated rings. The van der Waals surface area contributed by atoms with Gasteiger partial charge in [-0.3, -0.25) is 4.99 Å². The minimum absolute atomic E-state index is 0. The van der Waals surface area contributed by atoms with Gasteiger partial charge in [0.05, 0.1) is 18.8 Å². The molecule has 0 aromatic carbocycles. The molecule has 124 valence electrons. The maximum Gasteiger partial charge on any atom is 0.191 e. The van der Waals surface area contributed by atoms with Crippen molar-refractivity contribution in [3.05, 3.63) is 0 Å². The van der Waals surface area contributed by atoms with Crippen molar-refractivity contribution in [2.45, 2.75) is 51.7 Å². The van der Waals surface area contributed by atoms with Gasteiger partial charge in [0.1, 0.15) is 0 Å². The third kappa shape index (κ3) is 5.56. The van der Waals surface area contributed by atoms with Crippen LogP contribution in [0.4, 0.5) is 0 Å². The number of aliphatic imine (C=N–C) groups is 1. The Labute approximate surface area is 145 Å². The molecule has 2 N–H and O–H groups in total. The normalized spacial score (nSPS) is 34.4. The number of guanidine groups is 1. The van der Waals surface area contributed by atoms with Gasteiger partial charge in [-0.15, -0.1) is 24.0 Å². The zero-order chi connectivity index (χ0) is 14.6. The molecule has 0 bridgehead atoms. The third-order valence-electron chi connectivity index (χ3n) is 4.66. The van der Waals surface area contributed by atoms with E-state index in [-0.39, 0.29) is 35.5 Å². The lowest BCUT2D eigenvalue weighted by atomic mass is 9.75. The zero-order valence-corrected chi connectivity index (χ0v) is 15.8. The summed E-state index contributed by atoms with van der Waals surface area (Å²) in [5, 5.41) is 0. The fraction of sp³-hybridized carbons (Fsp3) is 0.933. The number of morpholine rings is 1. The minimum Gasteiger partial charge on any atom is -0.381 e. The molecule has 0 aromatic heterocycles. The van der Waals surface area contributed by atoms with Crippen LogP contribution in [0.15, 0.2) is 4.99 Å². The average Bonchev–Trinajstić information content (AvgIpc) is 2.46. The summed E-state index contributed by atoms with van der Waals surface area (Å²) >= 11 is 0. The van der Waals surface area contributed by atoms with E-state index in [4.69, 9.17) is 15.2 Å². The van der Waals surface area contributed by atoms with Crippen LogP contribution in [0, 0.1) is 5.41 Å². The van der Waals surface area contributed by atoms with Crippen molar-refractivity contribution in [2.24, 2.45) is 16.1 Å². The highest BCUT2D eigenvalue weighted by molar-refractivity contribution is 14.0. The molecule has 21 heavy (non-hydrogen) atoms. The van der Waals surface area contributed by atoms with Gasteiger partial charge < -0.3 is 20.1 Å². The van der Waals surface area contributed by atoms with Crippen molar-refractivity contribution in [3.8, 4) is 0 Å². The molecule has 1 aliphatic carbocycles. The van der Waals surface area contributed by atoms with E-state index in [0.29, 0.717) is 12.1 Å². The molecule has 6 heteroatoms. The summed E-state index contributed by atoms with van der Waals surface area (Å²) in [6, 6.07) is 0. The van der Waals surface area contributed by atoms with Crippen molar-refractivity contribution in [1.82, 2.24) is 4.90 Å². The summed E-state index contributed by atoms with van der Waals surface area (Å²) < 4.78 is 11.0. The van der Waals surface area contributed by atoms with E-state index in [1.165, 1.54) is 12.8 Å². The molecule has 1 saturated heterocycles. The Bertz CT molecular complexity index is 344. The van der Waals surface area contributed by atoms with Crippen LogP contribution in [0.25, 0.3) is 0 Å². The Balaban J connectivity index is 0.00000220. The van der Waals surface area contributed by atoms with Gasteiger partial charge in [0.15, 0.2) is 5.96 Å². The summed E-state index contributed by atoms with van der Waals surface area (Å²) in [6.45, 7) is 7.65. The highest BCUT2D eigenvalue weighted by Crippen LogP contribution is 2.37. The number of halogens is 1. The van der Waals surface area contributed by atoms with Gasteiger partial charge in [-0.1, -0.05) is 6.92 Å². The van der Waals surface area contributed by atoms with E-state index >= 15 is 0 Å². The molecule has 1 atom stereocenters. The quantitative estimate of drug-likeness (QED) is 0.440.